The first-order valence-corrected chi connectivity index (χ1v) is 9.39. The van der Waals surface area contributed by atoms with Crippen LogP contribution in [-0.4, -0.2) is 48.6 Å². The van der Waals surface area contributed by atoms with Gasteiger partial charge in [0.25, 0.3) is 5.91 Å². The molecule has 1 saturated carbocycles. The van der Waals surface area contributed by atoms with E-state index in [1.165, 1.54) is 32.0 Å². The maximum Gasteiger partial charge on any atom is 0.255 e. The van der Waals surface area contributed by atoms with Gasteiger partial charge in [0.05, 0.1) is 11.2 Å². The summed E-state index contributed by atoms with van der Waals surface area (Å²) >= 11 is 0. The second-order valence-corrected chi connectivity index (χ2v) is 8.34. The number of Topliss-reactive ketones (excluding diaryl/α,β-unsaturated/α-hetero) is 2. The molecule has 1 aromatic carbocycles. The van der Waals surface area contributed by atoms with E-state index in [0.29, 0.717) is 0 Å². The van der Waals surface area contributed by atoms with Crippen molar-refractivity contribution in [3.63, 3.8) is 0 Å². The molecule has 0 saturated heterocycles. The van der Waals surface area contributed by atoms with Crippen molar-refractivity contribution in [3.05, 3.63) is 46.2 Å². The molecule has 30 heavy (non-hydrogen) atoms. The van der Waals surface area contributed by atoms with E-state index in [2.05, 4.69) is 0 Å². The van der Waals surface area contributed by atoms with Gasteiger partial charge in [-0.15, -0.1) is 0 Å². The molecule has 0 radical (unpaired) electrons. The minimum Gasteiger partial charge on any atom is -0.508 e. The Kier molecular flexibility index (Phi) is 3.98. The predicted molar refractivity (Wildman–Crippen MR) is 102 cm³/mol. The molecule has 3 aliphatic carbocycles. The normalized spacial score (nSPS) is 35.7. The largest absolute Gasteiger partial charge is 0.508 e. The zero-order valence-electron chi connectivity index (χ0n) is 16.2. The molecule has 1 fully saturated rings. The highest BCUT2D eigenvalue weighted by atomic mass is 16.3. The fourth-order valence-corrected chi connectivity index (χ4v) is 5.20. The maximum atomic E-state index is 13.4. The number of hydrogen-bond acceptors (Lipinski definition) is 8. The van der Waals surface area contributed by atoms with E-state index in [-0.39, 0.29) is 23.3 Å². The lowest BCUT2D eigenvalue weighted by Gasteiger charge is -2.51. The van der Waals surface area contributed by atoms with Gasteiger partial charge in [-0.1, -0.05) is 19.1 Å². The highest BCUT2D eigenvalue weighted by Gasteiger charge is 2.65. The number of phenolic OH excluding ortho intramolecular Hbond substituents is 1. The van der Waals surface area contributed by atoms with Gasteiger partial charge in [0.15, 0.2) is 11.4 Å². The molecule has 1 aromatic rings. The molecule has 3 aliphatic rings. The van der Waals surface area contributed by atoms with Gasteiger partial charge in [-0.3, -0.25) is 14.4 Å². The molecule has 9 heteroatoms. The lowest BCUT2D eigenvalue weighted by Crippen LogP contribution is -2.62. The fraction of sp³-hybridized carbons (Fsp3) is 0.381. The Morgan fingerprint density at radius 2 is 1.80 bits per heavy atom. The van der Waals surface area contributed by atoms with E-state index in [0.717, 1.165) is 0 Å². The van der Waals surface area contributed by atoms with Crippen molar-refractivity contribution in [2.45, 2.75) is 31.5 Å². The van der Waals surface area contributed by atoms with Crippen LogP contribution in [-0.2, 0) is 20.0 Å². The number of ketones is 2. The number of fused-ring (bicyclic) bond motifs is 3. The summed E-state index contributed by atoms with van der Waals surface area (Å²) in [7, 11) is 0. The third-order valence-corrected chi connectivity index (χ3v) is 6.83. The summed E-state index contributed by atoms with van der Waals surface area (Å²) in [4.78, 5) is 37.8. The van der Waals surface area contributed by atoms with Gasteiger partial charge in [-0.05, 0) is 25.0 Å². The highest BCUT2D eigenvalue weighted by Crippen LogP contribution is 2.57. The van der Waals surface area contributed by atoms with Crippen LogP contribution in [0.5, 0.6) is 5.75 Å². The first-order chi connectivity index (χ1) is 13.9. The van der Waals surface area contributed by atoms with Gasteiger partial charge < -0.3 is 31.3 Å². The van der Waals surface area contributed by atoms with E-state index in [4.69, 9.17) is 5.73 Å². The molecule has 4 rings (SSSR count). The Bertz CT molecular complexity index is 1100. The predicted octanol–water partition coefficient (Wildman–Crippen LogP) is 0.335. The van der Waals surface area contributed by atoms with Gasteiger partial charge in [0, 0.05) is 23.3 Å². The molecule has 0 spiro atoms. The van der Waals surface area contributed by atoms with Gasteiger partial charge in [-0.25, -0.2) is 0 Å². The molecular formula is C21H21NO8. The van der Waals surface area contributed by atoms with Crippen molar-refractivity contribution in [3.8, 4) is 5.75 Å². The van der Waals surface area contributed by atoms with Crippen molar-refractivity contribution >= 4 is 23.2 Å². The summed E-state index contributed by atoms with van der Waals surface area (Å²) in [6.07, 6.45) is -0.160. The summed E-state index contributed by atoms with van der Waals surface area (Å²) in [6.45, 7) is 2.80. The van der Waals surface area contributed by atoms with E-state index in [1.54, 1.807) is 0 Å². The molecule has 0 aliphatic heterocycles. The van der Waals surface area contributed by atoms with Crippen LogP contribution in [0, 0.1) is 17.8 Å². The van der Waals surface area contributed by atoms with Gasteiger partial charge in [0.2, 0.25) is 5.78 Å². The summed E-state index contributed by atoms with van der Waals surface area (Å²) in [5, 5.41) is 54.2. The number of primary amides is 1. The van der Waals surface area contributed by atoms with Crippen LogP contribution in [0.2, 0.25) is 0 Å². The molecule has 7 N–H and O–H groups in total. The maximum absolute atomic E-state index is 13.4. The summed E-state index contributed by atoms with van der Waals surface area (Å²) in [5.74, 6) is -8.73. The van der Waals surface area contributed by atoms with Crippen LogP contribution in [0.25, 0.3) is 5.76 Å². The lowest BCUT2D eigenvalue weighted by molar-refractivity contribution is -0.157. The van der Waals surface area contributed by atoms with Crippen molar-refractivity contribution < 1.29 is 39.9 Å². The number of aliphatic hydroxyl groups excluding tert-OH is 2. The fourth-order valence-electron chi connectivity index (χ4n) is 5.20. The Morgan fingerprint density at radius 3 is 2.40 bits per heavy atom. The Balaban J connectivity index is 2.04. The zero-order valence-corrected chi connectivity index (χ0v) is 16.2. The topological polar surface area (TPSA) is 178 Å². The van der Waals surface area contributed by atoms with Crippen molar-refractivity contribution in [2.24, 2.45) is 23.5 Å². The van der Waals surface area contributed by atoms with Crippen molar-refractivity contribution in [2.75, 3.05) is 0 Å². The Hall–Kier alpha value is -3.17. The number of phenols is 1. The molecule has 5 atom stereocenters. The van der Waals surface area contributed by atoms with Crippen LogP contribution in [0.3, 0.4) is 0 Å². The minimum absolute atomic E-state index is 0.160. The first kappa shape index (κ1) is 20.1. The van der Waals surface area contributed by atoms with E-state index in [1.807, 2.05) is 0 Å². The van der Waals surface area contributed by atoms with Crippen LogP contribution in [0.15, 0.2) is 35.1 Å². The van der Waals surface area contributed by atoms with Crippen LogP contribution >= 0.6 is 0 Å². The standard InChI is InChI=1S/C21H21NO8/c1-7-9-6-10-13(16(25)12-8(20(10,2)29)4-3-5-11(12)23)17(26)21(9,30)18(27)14(15(7)24)19(22)28/h3-5,7,9-10,23,25,27,29-30H,6H2,1-2H3,(H2,22,28). The summed E-state index contributed by atoms with van der Waals surface area (Å²) in [6, 6.07) is 4.23. The lowest BCUT2D eigenvalue weighted by atomic mass is 9.53. The first-order valence-electron chi connectivity index (χ1n) is 9.39. The quantitative estimate of drug-likeness (QED) is 0.355. The zero-order chi connectivity index (χ0) is 22.3. The molecular weight excluding hydrogens is 394 g/mol. The summed E-state index contributed by atoms with van der Waals surface area (Å²) < 4.78 is 0. The molecule has 0 bridgehead atoms. The molecule has 1 amide bonds. The van der Waals surface area contributed by atoms with Gasteiger partial charge in [-0.2, -0.15) is 0 Å². The van der Waals surface area contributed by atoms with Crippen LogP contribution < -0.4 is 5.73 Å². The average molecular weight is 415 g/mol. The average Bonchev–Trinajstić information content (AvgIpc) is 2.66. The Morgan fingerprint density at radius 1 is 1.17 bits per heavy atom. The van der Waals surface area contributed by atoms with Crippen molar-refractivity contribution in [1.29, 1.82) is 0 Å². The van der Waals surface area contributed by atoms with Crippen LogP contribution in [0.4, 0.5) is 0 Å². The minimum atomic E-state index is -2.69. The number of aromatic hydroxyl groups is 1. The number of rotatable bonds is 1. The van der Waals surface area contributed by atoms with E-state index < -0.39 is 69.1 Å². The highest BCUT2D eigenvalue weighted by molar-refractivity contribution is 6.23. The number of aliphatic hydroxyl groups is 4. The van der Waals surface area contributed by atoms with Gasteiger partial charge >= 0.3 is 0 Å². The second-order valence-electron chi connectivity index (χ2n) is 8.34. The second kappa shape index (κ2) is 5.93. The van der Waals surface area contributed by atoms with E-state index >= 15 is 0 Å². The number of amides is 1. The number of nitrogens with two attached hydrogens (primary N) is 1. The SMILES string of the molecule is CC1C(=O)C(C(N)=O)=C(O)C2(O)C(=O)C3=C(O)c4c(O)cccc4C(C)(O)C3CC12. The molecule has 0 heterocycles. The Labute approximate surface area is 170 Å². The number of hydrogen-bond donors (Lipinski definition) is 6. The molecule has 5 unspecified atom stereocenters. The third kappa shape index (κ3) is 2.16. The number of benzene rings is 1. The van der Waals surface area contributed by atoms with E-state index in [9.17, 15) is 39.9 Å². The number of carbonyl (C=O) groups is 3. The van der Waals surface area contributed by atoms with Crippen LogP contribution in [0.1, 0.15) is 31.4 Å². The van der Waals surface area contributed by atoms with Crippen molar-refractivity contribution in [1.82, 2.24) is 0 Å². The smallest absolute Gasteiger partial charge is 0.255 e. The molecule has 158 valence electrons. The molecule has 9 nitrogen and oxygen atoms in total. The summed E-state index contributed by atoms with van der Waals surface area (Å²) in [5.41, 5.74) is -0.480. The number of carbonyl (C=O) groups excluding carboxylic acids is 3. The van der Waals surface area contributed by atoms with Gasteiger partial charge in [0.1, 0.15) is 22.8 Å². The third-order valence-electron chi connectivity index (χ3n) is 6.83. The monoisotopic (exact) mass is 415 g/mol. The molecule has 0 aromatic heterocycles.